The van der Waals surface area contributed by atoms with Gasteiger partial charge in [0.1, 0.15) is 0 Å². The normalized spacial score (nSPS) is 12.6. The van der Waals surface area contributed by atoms with E-state index in [1.807, 2.05) is 11.3 Å². The summed E-state index contributed by atoms with van der Waals surface area (Å²) < 4.78 is 0. The topological polar surface area (TPSA) is 12.0 Å². The van der Waals surface area contributed by atoms with Crippen LogP contribution in [-0.4, -0.2) is 6.54 Å². The Morgan fingerprint density at radius 3 is 2.53 bits per heavy atom. The van der Waals surface area contributed by atoms with Crippen molar-refractivity contribution >= 4 is 11.3 Å². The zero-order valence-corrected chi connectivity index (χ0v) is 11.3. The Hall–Kier alpha value is -1.12. The Labute approximate surface area is 108 Å². The highest BCUT2D eigenvalue weighted by atomic mass is 32.1. The molecule has 1 atom stereocenters. The molecule has 1 nitrogen and oxygen atoms in total. The highest BCUT2D eigenvalue weighted by molar-refractivity contribution is 7.10. The van der Waals surface area contributed by atoms with Crippen molar-refractivity contribution < 1.29 is 0 Å². The van der Waals surface area contributed by atoms with Crippen molar-refractivity contribution in [2.24, 2.45) is 0 Å². The van der Waals surface area contributed by atoms with Crippen molar-refractivity contribution in [2.75, 3.05) is 6.54 Å². The Morgan fingerprint density at radius 2 is 1.94 bits per heavy atom. The first-order valence-corrected chi connectivity index (χ1v) is 7.02. The molecule has 0 aliphatic heterocycles. The van der Waals surface area contributed by atoms with Crippen molar-refractivity contribution in [2.45, 2.75) is 26.3 Å². The van der Waals surface area contributed by atoms with E-state index in [2.05, 4.69) is 60.9 Å². The van der Waals surface area contributed by atoms with E-state index in [-0.39, 0.29) is 0 Å². The average molecular weight is 245 g/mol. The van der Waals surface area contributed by atoms with Gasteiger partial charge in [-0.05, 0) is 42.5 Å². The number of nitrogens with one attached hydrogen (secondary N) is 1. The summed E-state index contributed by atoms with van der Waals surface area (Å²) in [6.45, 7) is 5.42. The maximum absolute atomic E-state index is 3.62. The minimum Gasteiger partial charge on any atom is -0.306 e. The molecule has 2 aromatic rings. The van der Waals surface area contributed by atoms with Gasteiger partial charge in [0.2, 0.25) is 0 Å². The van der Waals surface area contributed by atoms with E-state index in [9.17, 15) is 0 Å². The van der Waals surface area contributed by atoms with Crippen LogP contribution in [-0.2, 0) is 0 Å². The van der Waals surface area contributed by atoms with Crippen molar-refractivity contribution in [1.29, 1.82) is 0 Å². The summed E-state index contributed by atoms with van der Waals surface area (Å²) in [5.74, 6) is 0. The molecule has 0 aliphatic carbocycles. The Balaban J connectivity index is 2.25. The van der Waals surface area contributed by atoms with Gasteiger partial charge >= 0.3 is 0 Å². The molecule has 0 bridgehead atoms. The first-order valence-electron chi connectivity index (χ1n) is 6.14. The fourth-order valence-electron chi connectivity index (χ4n) is 1.98. The van der Waals surface area contributed by atoms with Crippen LogP contribution in [0.3, 0.4) is 0 Å². The van der Waals surface area contributed by atoms with Crippen LogP contribution in [0.4, 0.5) is 0 Å². The monoisotopic (exact) mass is 245 g/mol. The lowest BCUT2D eigenvalue weighted by Crippen LogP contribution is -2.22. The molecule has 1 aromatic heterocycles. The van der Waals surface area contributed by atoms with Crippen LogP contribution in [0.15, 0.2) is 41.8 Å². The van der Waals surface area contributed by atoms with Crippen molar-refractivity contribution in [3.8, 4) is 0 Å². The van der Waals surface area contributed by atoms with Crippen molar-refractivity contribution in [3.05, 3.63) is 57.8 Å². The van der Waals surface area contributed by atoms with Gasteiger partial charge in [0.05, 0.1) is 6.04 Å². The van der Waals surface area contributed by atoms with E-state index in [4.69, 9.17) is 0 Å². The molecule has 2 heteroatoms. The van der Waals surface area contributed by atoms with Gasteiger partial charge in [0, 0.05) is 4.88 Å². The third kappa shape index (κ3) is 3.18. The second kappa shape index (κ2) is 5.99. The molecular formula is C15H19NS. The van der Waals surface area contributed by atoms with E-state index in [1.54, 1.807) is 0 Å². The fourth-order valence-corrected chi connectivity index (χ4v) is 2.71. The number of aryl methyl sites for hydroxylation is 1. The lowest BCUT2D eigenvalue weighted by molar-refractivity contribution is 0.600. The molecule has 2 rings (SSSR count). The summed E-state index contributed by atoms with van der Waals surface area (Å²) in [4.78, 5) is 1.37. The van der Waals surface area contributed by atoms with Crippen LogP contribution in [0.5, 0.6) is 0 Å². The molecule has 0 spiro atoms. The zero-order valence-electron chi connectivity index (χ0n) is 10.4. The lowest BCUT2D eigenvalue weighted by Gasteiger charge is -2.18. The highest BCUT2D eigenvalue weighted by Gasteiger charge is 2.13. The molecule has 0 fully saturated rings. The standard InChI is InChI=1S/C15H19NS/c1-3-9-16-15(13-7-5-4-6-8-13)14-10-12(2)17-11-14/h4-8,10-11,15-16H,3,9H2,1-2H3. The molecule has 0 saturated heterocycles. The van der Waals surface area contributed by atoms with Gasteiger partial charge in [0.25, 0.3) is 0 Å². The molecule has 1 unspecified atom stereocenters. The van der Waals surface area contributed by atoms with Crippen molar-refractivity contribution in [3.63, 3.8) is 0 Å². The molecule has 17 heavy (non-hydrogen) atoms. The fraction of sp³-hybridized carbons (Fsp3) is 0.333. The quantitative estimate of drug-likeness (QED) is 0.834. The number of hydrogen-bond acceptors (Lipinski definition) is 2. The van der Waals surface area contributed by atoms with Crippen LogP contribution < -0.4 is 5.32 Å². The van der Waals surface area contributed by atoms with E-state index in [0.717, 1.165) is 13.0 Å². The number of thiophene rings is 1. The number of hydrogen-bond donors (Lipinski definition) is 1. The number of benzene rings is 1. The minimum atomic E-state index is 0.334. The summed E-state index contributed by atoms with van der Waals surface area (Å²) in [5, 5.41) is 5.88. The molecule has 0 aliphatic rings. The molecule has 0 radical (unpaired) electrons. The highest BCUT2D eigenvalue weighted by Crippen LogP contribution is 2.26. The summed E-state index contributed by atoms with van der Waals surface area (Å²) in [7, 11) is 0. The molecule has 1 heterocycles. The van der Waals surface area contributed by atoms with Gasteiger partial charge in [0.15, 0.2) is 0 Å². The van der Waals surface area contributed by atoms with Crippen LogP contribution >= 0.6 is 11.3 Å². The van der Waals surface area contributed by atoms with E-state index in [1.165, 1.54) is 16.0 Å². The molecular weight excluding hydrogens is 226 g/mol. The Kier molecular flexibility index (Phi) is 4.35. The molecule has 0 saturated carbocycles. The van der Waals surface area contributed by atoms with E-state index >= 15 is 0 Å². The second-order valence-electron chi connectivity index (χ2n) is 4.29. The predicted octanol–water partition coefficient (Wildman–Crippen LogP) is 4.15. The van der Waals surface area contributed by atoms with Gasteiger partial charge in [-0.3, -0.25) is 0 Å². The van der Waals surface area contributed by atoms with E-state index < -0.39 is 0 Å². The van der Waals surface area contributed by atoms with Crippen LogP contribution in [0.25, 0.3) is 0 Å². The summed E-state index contributed by atoms with van der Waals surface area (Å²) in [6, 6.07) is 13.3. The smallest absolute Gasteiger partial charge is 0.0585 e. The van der Waals surface area contributed by atoms with Gasteiger partial charge in [-0.1, -0.05) is 37.3 Å². The molecule has 0 amide bonds. The second-order valence-corrected chi connectivity index (χ2v) is 5.40. The molecule has 1 N–H and O–H groups in total. The Morgan fingerprint density at radius 1 is 1.18 bits per heavy atom. The van der Waals surface area contributed by atoms with Crippen LogP contribution in [0, 0.1) is 6.92 Å². The maximum Gasteiger partial charge on any atom is 0.0585 e. The summed E-state index contributed by atoms with van der Waals surface area (Å²) in [5.41, 5.74) is 2.73. The summed E-state index contributed by atoms with van der Waals surface area (Å²) in [6.07, 6.45) is 1.16. The van der Waals surface area contributed by atoms with Gasteiger partial charge < -0.3 is 5.32 Å². The number of rotatable bonds is 5. The van der Waals surface area contributed by atoms with Gasteiger partial charge in [-0.15, -0.1) is 11.3 Å². The van der Waals surface area contributed by atoms with E-state index in [0.29, 0.717) is 6.04 Å². The molecule has 1 aromatic carbocycles. The largest absolute Gasteiger partial charge is 0.306 e. The summed E-state index contributed by atoms with van der Waals surface area (Å²) >= 11 is 1.82. The van der Waals surface area contributed by atoms with Gasteiger partial charge in [-0.2, -0.15) is 0 Å². The minimum absolute atomic E-state index is 0.334. The first kappa shape index (κ1) is 12.3. The SMILES string of the molecule is CCCNC(c1ccccc1)c1csc(C)c1. The predicted molar refractivity (Wildman–Crippen MR) is 75.6 cm³/mol. The van der Waals surface area contributed by atoms with Crippen LogP contribution in [0.2, 0.25) is 0 Å². The maximum atomic E-state index is 3.62. The average Bonchev–Trinajstić information content (AvgIpc) is 2.78. The molecule has 90 valence electrons. The third-order valence-electron chi connectivity index (χ3n) is 2.82. The third-order valence-corrected chi connectivity index (χ3v) is 3.70. The lowest BCUT2D eigenvalue weighted by atomic mass is 10.0. The first-order chi connectivity index (χ1) is 8.31. The van der Waals surface area contributed by atoms with Crippen molar-refractivity contribution in [1.82, 2.24) is 5.32 Å². The Bertz CT molecular complexity index is 447. The van der Waals surface area contributed by atoms with Crippen LogP contribution in [0.1, 0.15) is 35.4 Å². The van der Waals surface area contributed by atoms with Gasteiger partial charge in [-0.25, -0.2) is 0 Å². The zero-order chi connectivity index (χ0) is 12.1.